The molecular weight excluding hydrogens is 378 g/mol. The van der Waals surface area contributed by atoms with Crippen LogP contribution in [0.4, 0.5) is 0 Å². The van der Waals surface area contributed by atoms with Crippen LogP contribution in [-0.4, -0.2) is 38.8 Å². The molecule has 0 N–H and O–H groups in total. The van der Waals surface area contributed by atoms with Crippen LogP contribution in [0.2, 0.25) is 0 Å². The fourth-order valence-electron chi connectivity index (χ4n) is 2.35. The van der Waals surface area contributed by atoms with Crippen molar-refractivity contribution in [2.75, 3.05) is 5.75 Å². The zero-order chi connectivity index (χ0) is 17.0. The number of carbonyl (C=O) groups is 1. The first-order valence-electron chi connectivity index (χ1n) is 7.42. The Hall–Kier alpha value is -1.34. The largest absolute Gasteiger partial charge is 0.411 e. The molecule has 0 bridgehead atoms. The highest BCUT2D eigenvalue weighted by molar-refractivity contribution is 9.10. The van der Waals surface area contributed by atoms with Gasteiger partial charge in [0.2, 0.25) is 11.8 Å². The Morgan fingerprint density at radius 3 is 2.35 bits per heavy atom. The Morgan fingerprint density at radius 2 is 1.78 bits per heavy atom. The van der Waals surface area contributed by atoms with Gasteiger partial charge in [-0.3, -0.25) is 4.79 Å². The van der Waals surface area contributed by atoms with Gasteiger partial charge in [0.1, 0.15) is 0 Å². The summed E-state index contributed by atoms with van der Waals surface area (Å²) in [4.78, 5) is 14.2. The predicted octanol–water partition coefficient (Wildman–Crippen LogP) is 4.24. The summed E-state index contributed by atoms with van der Waals surface area (Å²) in [6.45, 7) is 8.06. The third-order valence-electron chi connectivity index (χ3n) is 3.22. The highest BCUT2D eigenvalue weighted by Gasteiger charge is 2.21. The number of rotatable bonds is 6. The summed E-state index contributed by atoms with van der Waals surface area (Å²) in [6.07, 6.45) is 0. The highest BCUT2D eigenvalue weighted by Crippen LogP contribution is 2.25. The number of nitrogens with zero attached hydrogens (tertiary/aromatic N) is 3. The SMILES string of the molecule is CC(C)N(C(=O)CSc1nnc(-c2ccc(Br)cc2)o1)C(C)C. The molecule has 0 aliphatic carbocycles. The third kappa shape index (κ3) is 4.81. The van der Waals surface area contributed by atoms with Crippen LogP contribution >= 0.6 is 27.7 Å². The molecule has 1 amide bonds. The number of hydrogen-bond acceptors (Lipinski definition) is 5. The molecule has 0 saturated heterocycles. The van der Waals surface area contributed by atoms with Crippen LogP contribution in [0.5, 0.6) is 0 Å². The second-order valence-corrected chi connectivity index (χ2v) is 7.50. The molecule has 2 rings (SSSR count). The minimum Gasteiger partial charge on any atom is -0.411 e. The Balaban J connectivity index is 1.99. The number of benzene rings is 1. The molecule has 1 heterocycles. The van der Waals surface area contributed by atoms with Gasteiger partial charge >= 0.3 is 0 Å². The molecule has 124 valence electrons. The van der Waals surface area contributed by atoms with Gasteiger partial charge in [0, 0.05) is 22.1 Å². The van der Waals surface area contributed by atoms with Crippen LogP contribution in [0, 0.1) is 0 Å². The minimum atomic E-state index is 0.0726. The van der Waals surface area contributed by atoms with Crippen molar-refractivity contribution >= 4 is 33.6 Å². The lowest BCUT2D eigenvalue weighted by molar-refractivity contribution is -0.131. The Labute approximate surface area is 149 Å². The number of thioether (sulfide) groups is 1. The lowest BCUT2D eigenvalue weighted by atomic mass is 10.2. The van der Waals surface area contributed by atoms with E-state index in [1.54, 1.807) is 0 Å². The second kappa shape index (κ2) is 7.97. The molecule has 0 radical (unpaired) electrons. The maximum absolute atomic E-state index is 12.3. The standard InChI is InChI=1S/C16H20BrN3O2S/c1-10(2)20(11(3)4)14(21)9-23-16-19-18-15(22-16)12-5-7-13(17)8-6-12/h5-8,10-11H,9H2,1-4H3. The van der Waals surface area contributed by atoms with Gasteiger partial charge < -0.3 is 9.32 Å². The van der Waals surface area contributed by atoms with E-state index in [0.717, 1.165) is 10.0 Å². The van der Waals surface area contributed by atoms with Crippen molar-refractivity contribution in [1.82, 2.24) is 15.1 Å². The molecule has 5 nitrogen and oxygen atoms in total. The molecule has 7 heteroatoms. The average molecular weight is 398 g/mol. The Morgan fingerprint density at radius 1 is 1.17 bits per heavy atom. The number of amides is 1. The van der Waals surface area contributed by atoms with Crippen LogP contribution in [0.25, 0.3) is 11.5 Å². The van der Waals surface area contributed by atoms with E-state index in [4.69, 9.17) is 4.42 Å². The summed E-state index contributed by atoms with van der Waals surface area (Å²) < 4.78 is 6.60. The van der Waals surface area contributed by atoms with Gasteiger partial charge in [-0.05, 0) is 52.0 Å². The van der Waals surface area contributed by atoms with Crippen molar-refractivity contribution in [3.8, 4) is 11.5 Å². The summed E-state index contributed by atoms with van der Waals surface area (Å²) in [5, 5.41) is 8.44. The van der Waals surface area contributed by atoms with Gasteiger partial charge in [0.05, 0.1) is 5.75 Å². The summed E-state index contributed by atoms with van der Waals surface area (Å²) in [7, 11) is 0. The summed E-state index contributed by atoms with van der Waals surface area (Å²) in [6, 6.07) is 7.97. The van der Waals surface area contributed by atoms with Gasteiger partial charge in [-0.1, -0.05) is 27.7 Å². The number of halogens is 1. The molecule has 0 unspecified atom stereocenters. The zero-order valence-electron chi connectivity index (χ0n) is 13.6. The molecule has 23 heavy (non-hydrogen) atoms. The fourth-order valence-corrected chi connectivity index (χ4v) is 3.24. The maximum Gasteiger partial charge on any atom is 0.277 e. The normalized spacial score (nSPS) is 11.3. The van der Waals surface area contributed by atoms with Crippen molar-refractivity contribution in [2.45, 2.75) is 45.0 Å². The average Bonchev–Trinajstić information content (AvgIpc) is 2.94. The first-order valence-corrected chi connectivity index (χ1v) is 9.19. The summed E-state index contributed by atoms with van der Waals surface area (Å²) in [5.74, 6) is 0.818. The summed E-state index contributed by atoms with van der Waals surface area (Å²) in [5.41, 5.74) is 0.852. The molecule has 0 aliphatic rings. The van der Waals surface area contributed by atoms with Gasteiger partial charge in [-0.15, -0.1) is 10.2 Å². The van der Waals surface area contributed by atoms with Gasteiger partial charge in [0.15, 0.2) is 0 Å². The molecule has 0 fully saturated rings. The van der Waals surface area contributed by atoms with Crippen molar-refractivity contribution < 1.29 is 9.21 Å². The number of carbonyl (C=O) groups excluding carboxylic acids is 1. The van der Waals surface area contributed by atoms with E-state index < -0.39 is 0 Å². The Bertz CT molecular complexity index is 648. The van der Waals surface area contributed by atoms with E-state index >= 15 is 0 Å². The number of hydrogen-bond donors (Lipinski definition) is 0. The molecular formula is C16H20BrN3O2S. The topological polar surface area (TPSA) is 59.2 Å². The second-order valence-electron chi connectivity index (χ2n) is 5.66. The number of aromatic nitrogens is 2. The lowest BCUT2D eigenvalue weighted by Gasteiger charge is -2.30. The fraction of sp³-hybridized carbons (Fsp3) is 0.438. The van der Waals surface area contributed by atoms with Crippen LogP contribution in [-0.2, 0) is 4.79 Å². The quantitative estimate of drug-likeness (QED) is 0.682. The van der Waals surface area contributed by atoms with Crippen LogP contribution in [0.3, 0.4) is 0 Å². The first kappa shape index (κ1) is 18.0. The van der Waals surface area contributed by atoms with E-state index in [9.17, 15) is 4.79 Å². The van der Waals surface area contributed by atoms with Crippen molar-refractivity contribution in [1.29, 1.82) is 0 Å². The van der Waals surface area contributed by atoms with Crippen molar-refractivity contribution in [2.24, 2.45) is 0 Å². The zero-order valence-corrected chi connectivity index (χ0v) is 16.0. The van der Waals surface area contributed by atoms with E-state index in [0.29, 0.717) is 16.9 Å². The molecule has 1 aromatic carbocycles. The smallest absolute Gasteiger partial charge is 0.277 e. The minimum absolute atomic E-state index is 0.0726. The van der Waals surface area contributed by atoms with Crippen LogP contribution in [0.1, 0.15) is 27.7 Å². The molecule has 0 aliphatic heterocycles. The van der Waals surface area contributed by atoms with Gasteiger partial charge in [0.25, 0.3) is 5.22 Å². The van der Waals surface area contributed by atoms with E-state index in [1.807, 2.05) is 56.9 Å². The van der Waals surface area contributed by atoms with Crippen molar-refractivity contribution in [3.05, 3.63) is 28.7 Å². The molecule has 0 saturated carbocycles. The molecule has 2 aromatic rings. The monoisotopic (exact) mass is 397 g/mol. The van der Waals surface area contributed by atoms with E-state index in [1.165, 1.54) is 11.8 Å². The van der Waals surface area contributed by atoms with E-state index in [-0.39, 0.29) is 18.0 Å². The highest BCUT2D eigenvalue weighted by atomic mass is 79.9. The predicted molar refractivity (Wildman–Crippen MR) is 95.3 cm³/mol. The summed E-state index contributed by atoms with van der Waals surface area (Å²) >= 11 is 4.66. The first-order chi connectivity index (χ1) is 10.9. The lowest BCUT2D eigenvalue weighted by Crippen LogP contribution is -2.43. The van der Waals surface area contributed by atoms with Crippen LogP contribution < -0.4 is 0 Å². The molecule has 0 atom stereocenters. The maximum atomic E-state index is 12.3. The van der Waals surface area contributed by atoms with E-state index in [2.05, 4.69) is 26.1 Å². The third-order valence-corrected chi connectivity index (χ3v) is 4.55. The van der Waals surface area contributed by atoms with Crippen molar-refractivity contribution in [3.63, 3.8) is 0 Å². The Kier molecular flexibility index (Phi) is 6.24. The molecule has 1 aromatic heterocycles. The van der Waals surface area contributed by atoms with Gasteiger partial charge in [-0.25, -0.2) is 0 Å². The molecule has 0 spiro atoms. The van der Waals surface area contributed by atoms with Gasteiger partial charge in [-0.2, -0.15) is 0 Å². The van der Waals surface area contributed by atoms with Crippen LogP contribution in [0.15, 0.2) is 38.4 Å².